The van der Waals surface area contributed by atoms with Gasteiger partial charge in [-0.25, -0.2) is 0 Å². The molecule has 0 spiro atoms. The van der Waals surface area contributed by atoms with Gasteiger partial charge in [-0.1, -0.05) is 32.6 Å². The molecule has 6 heteroatoms. The highest BCUT2D eigenvalue weighted by molar-refractivity contribution is 5.94. The summed E-state index contributed by atoms with van der Waals surface area (Å²) in [4.78, 5) is 40.6. The fourth-order valence-corrected chi connectivity index (χ4v) is 4.01. The lowest BCUT2D eigenvalue weighted by atomic mass is 10.1. The first-order valence-corrected chi connectivity index (χ1v) is 9.83. The summed E-state index contributed by atoms with van der Waals surface area (Å²) in [6, 6.07) is -0.931. The number of hydrogen-bond donors (Lipinski definition) is 1. The Labute approximate surface area is 150 Å². The molecule has 0 aliphatic carbocycles. The second kappa shape index (κ2) is 9.90. The number of rotatable bonds is 9. The Morgan fingerprint density at radius 1 is 0.920 bits per heavy atom. The third kappa shape index (κ3) is 5.03. The summed E-state index contributed by atoms with van der Waals surface area (Å²) in [5.74, 6) is -0.338. The van der Waals surface area contributed by atoms with Gasteiger partial charge in [-0.2, -0.15) is 0 Å². The maximum absolute atomic E-state index is 12.9. The Bertz CT molecular complexity index is 480. The average molecular weight is 352 g/mol. The molecule has 0 radical (unpaired) electrons. The van der Waals surface area contributed by atoms with Crippen LogP contribution in [0.3, 0.4) is 0 Å². The molecule has 0 saturated carbocycles. The first kappa shape index (κ1) is 19.9. The quantitative estimate of drug-likeness (QED) is 0.643. The van der Waals surface area contributed by atoms with Crippen molar-refractivity contribution in [2.45, 2.75) is 83.2 Å². The molecular weight excluding hydrogens is 320 g/mol. The Balaban J connectivity index is 1.90. The fraction of sp³-hybridized carbons (Fsp3) is 0.842. The zero-order chi connectivity index (χ0) is 18.2. The minimum Gasteiger partial charge on any atom is -0.389 e. The van der Waals surface area contributed by atoms with Crippen LogP contribution in [0.4, 0.5) is 0 Å². The van der Waals surface area contributed by atoms with Gasteiger partial charge in [0.2, 0.25) is 11.8 Å². The van der Waals surface area contributed by atoms with E-state index in [1.54, 1.807) is 9.80 Å². The molecule has 2 fully saturated rings. The molecule has 0 aromatic carbocycles. The molecule has 25 heavy (non-hydrogen) atoms. The molecule has 2 atom stereocenters. The van der Waals surface area contributed by atoms with Gasteiger partial charge in [-0.05, 0) is 32.1 Å². The van der Waals surface area contributed by atoms with E-state index < -0.39 is 18.7 Å². The molecule has 2 aliphatic heterocycles. The maximum atomic E-state index is 12.9. The third-order valence-corrected chi connectivity index (χ3v) is 5.42. The van der Waals surface area contributed by atoms with E-state index in [0.29, 0.717) is 32.4 Å². The molecule has 1 N–H and O–H groups in total. The molecule has 2 saturated heterocycles. The number of ketones is 1. The third-order valence-electron chi connectivity index (χ3n) is 5.42. The maximum Gasteiger partial charge on any atom is 0.245 e. The number of hydrogen-bond acceptors (Lipinski definition) is 4. The van der Waals surface area contributed by atoms with Crippen molar-refractivity contribution in [1.29, 1.82) is 0 Å². The lowest BCUT2D eigenvalue weighted by Crippen LogP contribution is -2.51. The smallest absolute Gasteiger partial charge is 0.245 e. The van der Waals surface area contributed by atoms with E-state index in [9.17, 15) is 14.4 Å². The summed E-state index contributed by atoms with van der Waals surface area (Å²) in [6.07, 6.45) is 8.90. The van der Waals surface area contributed by atoms with Gasteiger partial charge < -0.3 is 14.9 Å². The van der Waals surface area contributed by atoms with Gasteiger partial charge in [-0.15, -0.1) is 0 Å². The number of amides is 2. The van der Waals surface area contributed by atoms with Crippen LogP contribution in [0.15, 0.2) is 0 Å². The summed E-state index contributed by atoms with van der Waals surface area (Å²) in [6.45, 7) is 2.82. The normalized spacial score (nSPS) is 23.3. The van der Waals surface area contributed by atoms with Gasteiger partial charge in [0.25, 0.3) is 0 Å². The summed E-state index contributed by atoms with van der Waals surface area (Å²) in [7, 11) is 0. The van der Waals surface area contributed by atoms with E-state index in [-0.39, 0.29) is 17.6 Å². The summed E-state index contributed by atoms with van der Waals surface area (Å²) in [5.41, 5.74) is 0. The van der Waals surface area contributed by atoms with Gasteiger partial charge in [0.15, 0.2) is 5.78 Å². The number of aliphatic hydroxyl groups excluding tert-OH is 1. The lowest BCUT2D eigenvalue weighted by Gasteiger charge is -2.30. The molecule has 0 bridgehead atoms. The number of carbonyl (C=O) groups is 3. The van der Waals surface area contributed by atoms with Crippen molar-refractivity contribution in [2.24, 2.45) is 0 Å². The first-order valence-electron chi connectivity index (χ1n) is 9.83. The van der Waals surface area contributed by atoms with Crippen LogP contribution in [-0.4, -0.2) is 64.3 Å². The van der Waals surface area contributed by atoms with Crippen molar-refractivity contribution in [1.82, 2.24) is 9.80 Å². The second-order valence-electron chi connectivity index (χ2n) is 7.22. The van der Waals surface area contributed by atoms with E-state index in [1.807, 2.05) is 0 Å². The molecule has 2 rings (SSSR count). The number of unbranched alkanes of at least 4 members (excludes halogenated alkanes) is 4. The Morgan fingerprint density at radius 2 is 1.56 bits per heavy atom. The van der Waals surface area contributed by atoms with Crippen LogP contribution in [0, 0.1) is 0 Å². The number of carbonyl (C=O) groups excluding carboxylic acids is 3. The summed E-state index contributed by atoms with van der Waals surface area (Å²) >= 11 is 0. The van der Waals surface area contributed by atoms with E-state index in [4.69, 9.17) is 5.11 Å². The van der Waals surface area contributed by atoms with Crippen molar-refractivity contribution in [3.63, 3.8) is 0 Å². The highest BCUT2D eigenvalue weighted by Crippen LogP contribution is 2.26. The van der Waals surface area contributed by atoms with Crippen LogP contribution in [0.1, 0.15) is 71.1 Å². The molecule has 0 aromatic rings. The molecule has 6 nitrogen and oxygen atoms in total. The summed E-state index contributed by atoms with van der Waals surface area (Å²) in [5, 5.41) is 9.11. The molecule has 2 amide bonds. The van der Waals surface area contributed by atoms with Crippen molar-refractivity contribution < 1.29 is 19.5 Å². The van der Waals surface area contributed by atoms with Crippen molar-refractivity contribution in [3.05, 3.63) is 0 Å². The van der Waals surface area contributed by atoms with Crippen LogP contribution in [0.25, 0.3) is 0 Å². The monoisotopic (exact) mass is 352 g/mol. The molecule has 2 heterocycles. The van der Waals surface area contributed by atoms with E-state index in [2.05, 4.69) is 6.92 Å². The molecule has 0 aromatic heterocycles. The summed E-state index contributed by atoms with van der Waals surface area (Å²) < 4.78 is 0. The second-order valence-corrected chi connectivity index (χ2v) is 7.22. The minimum atomic E-state index is -0.528. The Kier molecular flexibility index (Phi) is 7.88. The Hall–Kier alpha value is -1.43. The molecule has 2 aliphatic rings. The zero-order valence-electron chi connectivity index (χ0n) is 15.4. The number of aliphatic hydroxyl groups is 1. The predicted molar refractivity (Wildman–Crippen MR) is 94.9 cm³/mol. The van der Waals surface area contributed by atoms with Gasteiger partial charge in [-0.3, -0.25) is 14.4 Å². The van der Waals surface area contributed by atoms with Crippen molar-refractivity contribution in [2.75, 3.05) is 19.7 Å². The average Bonchev–Trinajstić information content (AvgIpc) is 3.29. The fourth-order valence-electron chi connectivity index (χ4n) is 4.01. The predicted octanol–water partition coefficient (Wildman–Crippen LogP) is 1.89. The van der Waals surface area contributed by atoms with Gasteiger partial charge in [0.05, 0.1) is 6.04 Å². The molecular formula is C19H32N2O4. The highest BCUT2D eigenvalue weighted by Gasteiger charge is 2.41. The standard InChI is InChI=1S/C19H32N2O4/c1-2-3-4-5-6-11-18(24)20-12-8-10-16(20)19(25)21-13-7-9-15(21)17(23)14-22/h15-16,22H,2-14H2,1H3/t15-,16-/m0/s1. The van der Waals surface area contributed by atoms with E-state index >= 15 is 0 Å². The van der Waals surface area contributed by atoms with Gasteiger partial charge >= 0.3 is 0 Å². The minimum absolute atomic E-state index is 0.0663. The van der Waals surface area contributed by atoms with Crippen LogP contribution in [-0.2, 0) is 14.4 Å². The van der Waals surface area contributed by atoms with E-state index in [0.717, 1.165) is 32.1 Å². The van der Waals surface area contributed by atoms with Crippen LogP contribution >= 0.6 is 0 Å². The molecule has 142 valence electrons. The lowest BCUT2D eigenvalue weighted by molar-refractivity contribution is -0.146. The highest BCUT2D eigenvalue weighted by atomic mass is 16.3. The van der Waals surface area contributed by atoms with E-state index in [1.165, 1.54) is 12.8 Å². The van der Waals surface area contributed by atoms with Gasteiger partial charge in [0, 0.05) is 19.5 Å². The van der Waals surface area contributed by atoms with Crippen molar-refractivity contribution >= 4 is 17.6 Å². The number of nitrogens with zero attached hydrogens (tertiary/aromatic N) is 2. The molecule has 0 unspecified atom stereocenters. The van der Waals surface area contributed by atoms with Crippen LogP contribution in [0.5, 0.6) is 0 Å². The SMILES string of the molecule is CCCCCCCC(=O)N1CCC[C@H]1C(=O)N1CCC[C@H]1C(=O)CO. The largest absolute Gasteiger partial charge is 0.389 e. The Morgan fingerprint density at radius 3 is 2.24 bits per heavy atom. The van der Waals surface area contributed by atoms with Crippen LogP contribution < -0.4 is 0 Å². The zero-order valence-corrected chi connectivity index (χ0v) is 15.4. The number of Topliss-reactive ketones (excluding diaryl/α,β-unsaturated/α-hetero) is 1. The first-order chi connectivity index (χ1) is 12.1. The van der Waals surface area contributed by atoms with Gasteiger partial charge in [0.1, 0.15) is 12.6 Å². The van der Waals surface area contributed by atoms with Crippen LogP contribution in [0.2, 0.25) is 0 Å². The van der Waals surface area contributed by atoms with Crippen molar-refractivity contribution in [3.8, 4) is 0 Å². The topological polar surface area (TPSA) is 77.9 Å². The number of likely N-dealkylation sites (tertiary alicyclic amines) is 2.